The van der Waals surface area contributed by atoms with E-state index in [9.17, 15) is 0 Å². The van der Waals surface area contributed by atoms with Crippen LogP contribution in [0.3, 0.4) is 0 Å². The number of hydrogen-bond donors (Lipinski definition) is 1. The molecule has 0 atom stereocenters. The zero-order valence-corrected chi connectivity index (χ0v) is 13.0. The maximum absolute atomic E-state index is 4.23. The summed E-state index contributed by atoms with van der Waals surface area (Å²) in [7, 11) is 0. The van der Waals surface area contributed by atoms with Gasteiger partial charge in [-0.1, -0.05) is 24.3 Å². The number of aryl methyl sites for hydroxylation is 1. The molecule has 0 unspecified atom stereocenters. The number of fused-ring (bicyclic) bond motifs is 1. The highest BCUT2D eigenvalue weighted by atomic mass is 15.3. The van der Waals surface area contributed by atoms with Gasteiger partial charge in [0.15, 0.2) is 11.6 Å². The van der Waals surface area contributed by atoms with Gasteiger partial charge in [-0.25, -0.2) is 0 Å². The van der Waals surface area contributed by atoms with E-state index in [2.05, 4.69) is 42.7 Å². The highest BCUT2D eigenvalue weighted by Crippen LogP contribution is 2.24. The zero-order valence-electron chi connectivity index (χ0n) is 13.0. The number of hydrogen-bond acceptors (Lipinski definition) is 6. The molecule has 116 valence electrons. The predicted molar refractivity (Wildman–Crippen MR) is 90.5 cm³/mol. The Morgan fingerprint density at radius 2 is 1.96 bits per heavy atom. The van der Waals surface area contributed by atoms with Crippen LogP contribution in [0.15, 0.2) is 42.6 Å². The summed E-state index contributed by atoms with van der Waals surface area (Å²) in [4.78, 5) is 2.24. The molecule has 23 heavy (non-hydrogen) atoms. The minimum atomic E-state index is 0.582. The van der Waals surface area contributed by atoms with E-state index in [4.69, 9.17) is 0 Å². The van der Waals surface area contributed by atoms with Crippen molar-refractivity contribution in [3.63, 3.8) is 0 Å². The molecule has 0 radical (unpaired) electrons. The highest BCUT2D eigenvalue weighted by Gasteiger charge is 2.27. The molecular weight excluding hydrogens is 288 g/mol. The lowest BCUT2D eigenvalue weighted by atomic mass is 10.00. The summed E-state index contributed by atoms with van der Waals surface area (Å²) >= 11 is 0. The summed E-state index contributed by atoms with van der Waals surface area (Å²) in [5.74, 6) is 2.40. The molecule has 1 aliphatic rings. The normalized spacial score (nSPS) is 14.7. The topological polar surface area (TPSA) is 66.8 Å². The van der Waals surface area contributed by atoms with Gasteiger partial charge < -0.3 is 10.2 Å². The van der Waals surface area contributed by atoms with Gasteiger partial charge in [-0.05, 0) is 19.1 Å². The number of anilines is 2. The number of nitrogens with zero attached hydrogens (tertiary/aromatic N) is 5. The largest absolute Gasteiger partial charge is 0.368 e. The molecule has 2 aromatic heterocycles. The fourth-order valence-corrected chi connectivity index (χ4v) is 2.85. The molecule has 3 aromatic rings. The first-order chi connectivity index (χ1) is 11.3. The molecule has 4 rings (SSSR count). The smallest absolute Gasteiger partial charge is 0.156 e. The Kier molecular flexibility index (Phi) is 3.49. The SMILES string of the molecule is Cc1ccc(N2CC(CNc3nncc4ccccc34)C2)nn1. The summed E-state index contributed by atoms with van der Waals surface area (Å²) in [6.07, 6.45) is 1.79. The van der Waals surface area contributed by atoms with Crippen LogP contribution in [-0.2, 0) is 0 Å². The van der Waals surface area contributed by atoms with Crippen LogP contribution >= 0.6 is 0 Å². The monoisotopic (exact) mass is 306 g/mol. The Hall–Kier alpha value is -2.76. The molecule has 1 N–H and O–H groups in total. The number of nitrogens with one attached hydrogen (secondary N) is 1. The molecule has 1 aliphatic heterocycles. The van der Waals surface area contributed by atoms with Gasteiger partial charge >= 0.3 is 0 Å². The highest BCUT2D eigenvalue weighted by molar-refractivity contribution is 5.90. The predicted octanol–water partition coefficient (Wildman–Crippen LogP) is 2.28. The van der Waals surface area contributed by atoms with E-state index in [1.165, 1.54) is 0 Å². The lowest BCUT2D eigenvalue weighted by molar-refractivity contribution is 0.425. The van der Waals surface area contributed by atoms with Crippen molar-refractivity contribution in [2.45, 2.75) is 6.92 Å². The van der Waals surface area contributed by atoms with Crippen molar-refractivity contribution in [2.75, 3.05) is 29.9 Å². The van der Waals surface area contributed by atoms with E-state index >= 15 is 0 Å². The molecule has 0 saturated carbocycles. The van der Waals surface area contributed by atoms with Crippen molar-refractivity contribution >= 4 is 22.4 Å². The number of benzene rings is 1. The van der Waals surface area contributed by atoms with E-state index < -0.39 is 0 Å². The van der Waals surface area contributed by atoms with E-state index in [1.54, 1.807) is 6.20 Å². The summed E-state index contributed by atoms with van der Waals surface area (Å²) in [5, 5.41) is 22.3. The van der Waals surface area contributed by atoms with Gasteiger partial charge in [0.2, 0.25) is 0 Å². The van der Waals surface area contributed by atoms with Gasteiger partial charge in [-0.2, -0.15) is 10.2 Å². The second-order valence-corrected chi connectivity index (χ2v) is 5.97. The molecule has 0 bridgehead atoms. The standard InChI is InChI=1S/C17H18N6/c1-12-6-7-16(21-20-12)23-10-13(11-23)8-18-17-15-5-3-2-4-14(15)9-19-22-17/h2-7,9,13H,8,10-11H2,1H3,(H,18,22). The van der Waals surface area contributed by atoms with Gasteiger partial charge in [0.25, 0.3) is 0 Å². The third kappa shape index (κ3) is 2.79. The lowest BCUT2D eigenvalue weighted by Gasteiger charge is -2.40. The second kappa shape index (κ2) is 5.79. The van der Waals surface area contributed by atoms with Crippen molar-refractivity contribution in [3.8, 4) is 0 Å². The van der Waals surface area contributed by atoms with Crippen LogP contribution in [0.1, 0.15) is 5.69 Å². The average molecular weight is 306 g/mol. The summed E-state index contributed by atoms with van der Waals surface area (Å²) < 4.78 is 0. The third-order valence-electron chi connectivity index (χ3n) is 4.19. The number of rotatable bonds is 4. The molecule has 3 heterocycles. The molecule has 0 aliphatic carbocycles. The van der Waals surface area contributed by atoms with Gasteiger partial charge in [0.05, 0.1) is 11.9 Å². The van der Waals surface area contributed by atoms with Crippen LogP contribution in [0.25, 0.3) is 10.8 Å². The van der Waals surface area contributed by atoms with Gasteiger partial charge in [0, 0.05) is 36.3 Å². The first kappa shape index (κ1) is 13.9. The molecule has 6 heteroatoms. The molecule has 0 amide bonds. The average Bonchev–Trinajstić information content (AvgIpc) is 2.55. The van der Waals surface area contributed by atoms with Crippen molar-refractivity contribution in [1.29, 1.82) is 0 Å². The Bertz CT molecular complexity index is 805. The third-order valence-corrected chi connectivity index (χ3v) is 4.19. The fraction of sp³-hybridized carbons (Fsp3) is 0.294. The van der Waals surface area contributed by atoms with E-state index in [1.807, 2.05) is 31.2 Å². The van der Waals surface area contributed by atoms with Crippen molar-refractivity contribution in [3.05, 3.63) is 48.3 Å². The molecule has 1 aromatic carbocycles. The Morgan fingerprint density at radius 1 is 1.09 bits per heavy atom. The van der Waals surface area contributed by atoms with Crippen LogP contribution in [0.5, 0.6) is 0 Å². The van der Waals surface area contributed by atoms with Crippen LogP contribution in [0.4, 0.5) is 11.6 Å². The Balaban J connectivity index is 1.37. The van der Waals surface area contributed by atoms with Gasteiger partial charge in [-0.3, -0.25) is 0 Å². The minimum Gasteiger partial charge on any atom is -0.368 e. The number of aromatic nitrogens is 4. The summed E-state index contributed by atoms with van der Waals surface area (Å²) in [6, 6.07) is 12.2. The van der Waals surface area contributed by atoms with Crippen molar-refractivity contribution < 1.29 is 0 Å². The summed E-state index contributed by atoms with van der Waals surface area (Å²) in [5.41, 5.74) is 0.946. The first-order valence-electron chi connectivity index (χ1n) is 7.79. The van der Waals surface area contributed by atoms with Gasteiger partial charge in [-0.15, -0.1) is 10.2 Å². The fourth-order valence-electron chi connectivity index (χ4n) is 2.85. The van der Waals surface area contributed by atoms with Crippen LogP contribution in [0.2, 0.25) is 0 Å². The summed E-state index contributed by atoms with van der Waals surface area (Å²) in [6.45, 7) is 4.81. The molecule has 0 spiro atoms. The van der Waals surface area contributed by atoms with E-state index in [-0.39, 0.29) is 0 Å². The van der Waals surface area contributed by atoms with Crippen LogP contribution < -0.4 is 10.2 Å². The minimum absolute atomic E-state index is 0.582. The zero-order chi connectivity index (χ0) is 15.6. The van der Waals surface area contributed by atoms with Crippen LogP contribution in [-0.4, -0.2) is 40.0 Å². The van der Waals surface area contributed by atoms with Gasteiger partial charge in [0.1, 0.15) is 0 Å². The molecule has 1 fully saturated rings. The maximum Gasteiger partial charge on any atom is 0.156 e. The first-order valence-corrected chi connectivity index (χ1v) is 7.79. The Morgan fingerprint density at radius 3 is 2.78 bits per heavy atom. The maximum atomic E-state index is 4.23. The lowest BCUT2D eigenvalue weighted by Crippen LogP contribution is -2.50. The quantitative estimate of drug-likeness (QED) is 0.797. The van der Waals surface area contributed by atoms with Crippen molar-refractivity contribution in [1.82, 2.24) is 20.4 Å². The molecule has 1 saturated heterocycles. The van der Waals surface area contributed by atoms with Crippen molar-refractivity contribution in [2.24, 2.45) is 5.92 Å². The van der Waals surface area contributed by atoms with Crippen LogP contribution in [0, 0.1) is 12.8 Å². The van der Waals surface area contributed by atoms with E-state index in [0.717, 1.165) is 47.7 Å². The second-order valence-electron chi connectivity index (χ2n) is 5.97. The molecular formula is C17H18N6. The Labute approximate surface area is 134 Å². The van der Waals surface area contributed by atoms with E-state index in [0.29, 0.717) is 5.92 Å². The molecule has 6 nitrogen and oxygen atoms in total.